The van der Waals surface area contributed by atoms with E-state index in [9.17, 15) is 4.79 Å². The third-order valence-electron chi connectivity index (χ3n) is 6.29. The van der Waals surface area contributed by atoms with Crippen LogP contribution in [0, 0.1) is 5.92 Å². The summed E-state index contributed by atoms with van der Waals surface area (Å²) in [6.45, 7) is 1.86. The molecule has 1 amide bonds. The van der Waals surface area contributed by atoms with Gasteiger partial charge in [-0.1, -0.05) is 22.0 Å². The van der Waals surface area contributed by atoms with E-state index in [1.165, 1.54) is 6.33 Å². The molecule has 2 aromatic heterocycles. The SMILES string of the molecule is O=C([C@H]1CC[C@H](Nc2ncc3ncnc(Nc4cccc(Br)c4)c3n2)CC1)N1CCCC1. The van der Waals surface area contributed by atoms with Crippen LogP contribution in [-0.2, 0) is 4.79 Å². The standard InChI is InChI=1S/C23H26BrN7O/c24-16-4-3-5-18(12-16)28-21-20-19(26-14-27-21)13-25-23(30-20)29-17-8-6-15(7-9-17)22(32)31-10-1-2-11-31/h3-5,12-15,17H,1-2,6-11H2,(H,25,29,30)(H,26,27,28)/t15-,17-. The van der Waals surface area contributed by atoms with Crippen molar-refractivity contribution in [2.45, 2.75) is 44.6 Å². The molecule has 1 saturated carbocycles. The highest BCUT2D eigenvalue weighted by Gasteiger charge is 2.30. The lowest BCUT2D eigenvalue weighted by atomic mass is 9.85. The normalized spacial score (nSPS) is 21.0. The Morgan fingerprint density at radius 2 is 1.88 bits per heavy atom. The summed E-state index contributed by atoms with van der Waals surface area (Å²) in [7, 11) is 0. The van der Waals surface area contributed by atoms with Crippen LogP contribution >= 0.6 is 15.9 Å². The number of aromatic nitrogens is 4. The van der Waals surface area contributed by atoms with Crippen LogP contribution in [0.15, 0.2) is 41.3 Å². The molecular weight excluding hydrogens is 470 g/mol. The Bertz CT molecular complexity index is 1110. The number of likely N-dealkylation sites (tertiary alicyclic amines) is 1. The van der Waals surface area contributed by atoms with Gasteiger partial charge in [0.05, 0.1) is 6.20 Å². The zero-order chi connectivity index (χ0) is 21.9. The first-order chi connectivity index (χ1) is 15.7. The van der Waals surface area contributed by atoms with Gasteiger partial charge in [-0.25, -0.2) is 19.9 Å². The average Bonchev–Trinajstić information content (AvgIpc) is 3.35. The van der Waals surface area contributed by atoms with E-state index in [1.807, 2.05) is 29.2 Å². The summed E-state index contributed by atoms with van der Waals surface area (Å²) in [5.41, 5.74) is 2.26. The molecule has 2 aliphatic rings. The lowest BCUT2D eigenvalue weighted by Crippen LogP contribution is -2.37. The lowest BCUT2D eigenvalue weighted by molar-refractivity contribution is -0.135. The van der Waals surface area contributed by atoms with Crippen LogP contribution in [0.3, 0.4) is 0 Å². The lowest BCUT2D eigenvalue weighted by Gasteiger charge is -2.30. The van der Waals surface area contributed by atoms with Crippen LogP contribution in [0.5, 0.6) is 0 Å². The number of nitrogens with one attached hydrogen (secondary N) is 2. The first-order valence-electron chi connectivity index (χ1n) is 11.2. The van der Waals surface area contributed by atoms with Crippen molar-refractivity contribution in [1.29, 1.82) is 0 Å². The quantitative estimate of drug-likeness (QED) is 0.536. The number of anilines is 3. The van der Waals surface area contributed by atoms with E-state index in [-0.39, 0.29) is 12.0 Å². The Balaban J connectivity index is 1.26. The number of fused-ring (bicyclic) bond motifs is 1. The third kappa shape index (κ3) is 4.67. The van der Waals surface area contributed by atoms with E-state index in [0.717, 1.165) is 61.8 Å². The fraction of sp³-hybridized carbons (Fsp3) is 0.435. The largest absolute Gasteiger partial charge is 0.351 e. The van der Waals surface area contributed by atoms with E-state index in [0.29, 0.717) is 28.7 Å². The van der Waals surface area contributed by atoms with Crippen molar-refractivity contribution in [3.05, 3.63) is 41.3 Å². The molecule has 8 nitrogen and oxygen atoms in total. The molecule has 0 atom stereocenters. The molecule has 0 radical (unpaired) electrons. The first kappa shape index (κ1) is 21.1. The maximum Gasteiger partial charge on any atom is 0.225 e. The first-order valence-corrected chi connectivity index (χ1v) is 12.0. The second-order valence-corrected chi connectivity index (χ2v) is 9.43. The minimum Gasteiger partial charge on any atom is -0.351 e. The number of hydrogen-bond donors (Lipinski definition) is 2. The van der Waals surface area contributed by atoms with Gasteiger partial charge in [-0.05, 0) is 56.7 Å². The van der Waals surface area contributed by atoms with Crippen LogP contribution in [0.25, 0.3) is 11.0 Å². The summed E-state index contributed by atoms with van der Waals surface area (Å²) in [5, 5.41) is 6.79. The highest BCUT2D eigenvalue weighted by atomic mass is 79.9. The van der Waals surface area contributed by atoms with Crippen molar-refractivity contribution in [3.63, 3.8) is 0 Å². The number of carbonyl (C=O) groups excluding carboxylic acids is 1. The fourth-order valence-corrected chi connectivity index (χ4v) is 4.98. The van der Waals surface area contributed by atoms with Gasteiger partial charge in [0, 0.05) is 35.2 Å². The molecule has 166 valence electrons. The fourth-order valence-electron chi connectivity index (χ4n) is 4.58. The summed E-state index contributed by atoms with van der Waals surface area (Å²) < 4.78 is 0.983. The van der Waals surface area contributed by atoms with Gasteiger partial charge in [-0.3, -0.25) is 4.79 Å². The molecule has 1 aromatic carbocycles. The summed E-state index contributed by atoms with van der Waals surface area (Å²) in [4.78, 5) is 32.6. The van der Waals surface area contributed by atoms with Gasteiger partial charge in [0.1, 0.15) is 17.4 Å². The molecule has 5 rings (SSSR count). The zero-order valence-corrected chi connectivity index (χ0v) is 19.4. The summed E-state index contributed by atoms with van der Waals surface area (Å²) >= 11 is 3.49. The maximum atomic E-state index is 12.7. The van der Waals surface area contributed by atoms with Gasteiger partial charge in [-0.15, -0.1) is 0 Å². The van der Waals surface area contributed by atoms with Crippen LogP contribution in [0.4, 0.5) is 17.5 Å². The molecule has 3 heterocycles. The van der Waals surface area contributed by atoms with Gasteiger partial charge in [-0.2, -0.15) is 0 Å². The van der Waals surface area contributed by atoms with E-state index in [1.54, 1.807) is 6.20 Å². The molecule has 32 heavy (non-hydrogen) atoms. The average molecular weight is 496 g/mol. The van der Waals surface area contributed by atoms with E-state index >= 15 is 0 Å². The van der Waals surface area contributed by atoms with Crippen molar-refractivity contribution in [2.24, 2.45) is 5.92 Å². The topological polar surface area (TPSA) is 95.9 Å². The Hall–Kier alpha value is -2.81. The summed E-state index contributed by atoms with van der Waals surface area (Å²) in [5.74, 6) is 1.72. The zero-order valence-electron chi connectivity index (χ0n) is 17.8. The van der Waals surface area contributed by atoms with Crippen LogP contribution in [0.2, 0.25) is 0 Å². The summed E-state index contributed by atoms with van der Waals surface area (Å²) in [6.07, 6.45) is 9.24. The molecule has 0 spiro atoms. The molecule has 2 N–H and O–H groups in total. The Morgan fingerprint density at radius 3 is 2.66 bits per heavy atom. The molecular formula is C23H26BrN7O. The minimum absolute atomic E-state index is 0.165. The van der Waals surface area contributed by atoms with Gasteiger partial charge >= 0.3 is 0 Å². The number of rotatable bonds is 5. The number of carbonyl (C=O) groups is 1. The Morgan fingerprint density at radius 1 is 1.06 bits per heavy atom. The third-order valence-corrected chi connectivity index (χ3v) is 6.79. The van der Waals surface area contributed by atoms with Gasteiger partial charge in [0.25, 0.3) is 0 Å². The predicted octanol–water partition coefficient (Wildman–Crippen LogP) is 4.52. The number of benzene rings is 1. The molecule has 1 aliphatic carbocycles. The molecule has 3 aromatic rings. The molecule has 9 heteroatoms. The van der Waals surface area contributed by atoms with Crippen molar-refractivity contribution in [1.82, 2.24) is 24.8 Å². The number of nitrogens with zero attached hydrogens (tertiary/aromatic N) is 5. The highest BCUT2D eigenvalue weighted by Crippen LogP contribution is 2.29. The molecule has 2 fully saturated rings. The van der Waals surface area contributed by atoms with Crippen molar-refractivity contribution in [3.8, 4) is 0 Å². The number of halogens is 1. The molecule has 1 saturated heterocycles. The van der Waals surface area contributed by atoms with E-state index < -0.39 is 0 Å². The van der Waals surface area contributed by atoms with Crippen molar-refractivity contribution in [2.75, 3.05) is 23.7 Å². The smallest absolute Gasteiger partial charge is 0.225 e. The Kier molecular flexibility index (Phi) is 6.16. The van der Waals surface area contributed by atoms with Crippen LogP contribution < -0.4 is 10.6 Å². The molecule has 0 bridgehead atoms. The van der Waals surface area contributed by atoms with Crippen molar-refractivity contribution >= 4 is 50.3 Å². The monoisotopic (exact) mass is 495 g/mol. The maximum absolute atomic E-state index is 12.7. The minimum atomic E-state index is 0.165. The van der Waals surface area contributed by atoms with Gasteiger partial charge < -0.3 is 15.5 Å². The number of hydrogen-bond acceptors (Lipinski definition) is 7. The summed E-state index contributed by atoms with van der Waals surface area (Å²) in [6, 6.07) is 8.15. The molecule has 1 aliphatic heterocycles. The molecule has 0 unspecified atom stereocenters. The predicted molar refractivity (Wildman–Crippen MR) is 128 cm³/mol. The second-order valence-electron chi connectivity index (χ2n) is 8.51. The highest BCUT2D eigenvalue weighted by molar-refractivity contribution is 9.10. The van der Waals surface area contributed by atoms with Gasteiger partial charge in [0.2, 0.25) is 11.9 Å². The van der Waals surface area contributed by atoms with Crippen LogP contribution in [0.1, 0.15) is 38.5 Å². The van der Waals surface area contributed by atoms with E-state index in [4.69, 9.17) is 4.98 Å². The van der Waals surface area contributed by atoms with Crippen LogP contribution in [-0.4, -0.2) is 49.9 Å². The number of amides is 1. The van der Waals surface area contributed by atoms with E-state index in [2.05, 4.69) is 41.5 Å². The second kappa shape index (κ2) is 9.36. The van der Waals surface area contributed by atoms with Crippen molar-refractivity contribution < 1.29 is 4.79 Å². The Labute approximate surface area is 195 Å². The van der Waals surface area contributed by atoms with Gasteiger partial charge in [0.15, 0.2) is 5.82 Å².